The molecule has 0 aromatic carbocycles. The lowest BCUT2D eigenvalue weighted by Gasteiger charge is -2.31. The number of aromatic nitrogens is 4. The molecule has 0 radical (unpaired) electrons. The predicted octanol–water partition coefficient (Wildman–Crippen LogP) is 1.92. The molecule has 0 amide bonds. The van der Waals surface area contributed by atoms with E-state index in [0.717, 1.165) is 69.6 Å². The Labute approximate surface area is 170 Å². The van der Waals surface area contributed by atoms with Crippen LogP contribution in [-0.2, 0) is 30.7 Å². The molecule has 1 atom stereocenters. The number of nitrogens with zero attached hydrogens (tertiary/aromatic N) is 5. The van der Waals surface area contributed by atoms with E-state index in [4.69, 9.17) is 9.15 Å². The number of rotatable bonds is 5. The van der Waals surface area contributed by atoms with Gasteiger partial charge < -0.3 is 9.15 Å². The van der Waals surface area contributed by atoms with Crippen molar-refractivity contribution in [3.05, 3.63) is 39.5 Å². The first kappa shape index (κ1) is 18.9. The number of piperidine rings is 1. The summed E-state index contributed by atoms with van der Waals surface area (Å²) in [4.78, 5) is 14.8. The molecule has 4 heterocycles. The summed E-state index contributed by atoms with van der Waals surface area (Å²) < 4.78 is 13.0. The monoisotopic (exact) mass is 399 g/mol. The average Bonchev–Trinajstić information content (AvgIpc) is 3.42. The lowest BCUT2D eigenvalue weighted by atomic mass is 9.96. The van der Waals surface area contributed by atoms with Crippen molar-refractivity contribution in [3.63, 3.8) is 0 Å². The minimum atomic E-state index is 0.0577. The maximum atomic E-state index is 12.4. The Balaban J connectivity index is 1.14. The molecular formula is C21H29N5O3. The molecule has 0 N–H and O–H groups in total. The first-order valence-corrected chi connectivity index (χ1v) is 11.0. The third-order valence-corrected chi connectivity index (χ3v) is 6.53. The third kappa shape index (κ3) is 4.28. The van der Waals surface area contributed by atoms with Crippen molar-refractivity contribution < 1.29 is 9.15 Å². The number of ether oxygens (including phenoxy) is 1. The standard InChI is InChI=1S/C21H29N5O3/c27-20-11-16-3-1-2-4-18(16)24-26(20)12-15-5-8-25(9-6-15)13-19-22-23-21(29-19)17-7-10-28-14-17/h11,15,17H,1-10,12-14H2. The van der Waals surface area contributed by atoms with Crippen LogP contribution in [0, 0.1) is 5.92 Å². The van der Waals surface area contributed by atoms with Crippen molar-refractivity contribution in [2.24, 2.45) is 5.92 Å². The summed E-state index contributed by atoms with van der Waals surface area (Å²) in [5, 5.41) is 13.1. The molecule has 2 aliphatic heterocycles. The molecule has 156 valence electrons. The molecule has 0 saturated carbocycles. The van der Waals surface area contributed by atoms with Gasteiger partial charge in [0.2, 0.25) is 11.8 Å². The van der Waals surface area contributed by atoms with Crippen LogP contribution in [0.3, 0.4) is 0 Å². The zero-order valence-electron chi connectivity index (χ0n) is 16.9. The molecule has 1 aliphatic carbocycles. The zero-order valence-corrected chi connectivity index (χ0v) is 16.9. The van der Waals surface area contributed by atoms with Crippen LogP contribution in [0.2, 0.25) is 0 Å². The maximum Gasteiger partial charge on any atom is 0.267 e. The fraction of sp³-hybridized carbons (Fsp3) is 0.714. The van der Waals surface area contributed by atoms with E-state index in [1.165, 1.54) is 12.8 Å². The lowest BCUT2D eigenvalue weighted by molar-refractivity contribution is 0.150. The Morgan fingerprint density at radius 1 is 1.10 bits per heavy atom. The first-order chi connectivity index (χ1) is 14.2. The molecule has 8 nitrogen and oxygen atoms in total. The molecular weight excluding hydrogens is 370 g/mol. The van der Waals surface area contributed by atoms with Gasteiger partial charge in [-0.15, -0.1) is 10.2 Å². The van der Waals surface area contributed by atoms with Gasteiger partial charge in [0.1, 0.15) is 0 Å². The number of hydrogen-bond donors (Lipinski definition) is 0. The van der Waals surface area contributed by atoms with Crippen molar-refractivity contribution in [3.8, 4) is 0 Å². The zero-order chi connectivity index (χ0) is 19.6. The van der Waals surface area contributed by atoms with Crippen LogP contribution in [0.25, 0.3) is 0 Å². The summed E-state index contributed by atoms with van der Waals surface area (Å²) in [6, 6.07) is 1.82. The van der Waals surface area contributed by atoms with Crippen LogP contribution < -0.4 is 5.56 Å². The second-order valence-corrected chi connectivity index (χ2v) is 8.66. The van der Waals surface area contributed by atoms with Crippen molar-refractivity contribution >= 4 is 0 Å². The Hall–Kier alpha value is -2.06. The van der Waals surface area contributed by atoms with Crippen molar-refractivity contribution in [1.82, 2.24) is 24.9 Å². The topological polar surface area (TPSA) is 86.3 Å². The van der Waals surface area contributed by atoms with E-state index in [-0.39, 0.29) is 11.5 Å². The molecule has 0 spiro atoms. The van der Waals surface area contributed by atoms with Crippen LogP contribution in [0.1, 0.15) is 61.1 Å². The molecule has 5 rings (SSSR count). The smallest absolute Gasteiger partial charge is 0.267 e. The highest BCUT2D eigenvalue weighted by Crippen LogP contribution is 2.25. The molecule has 2 aromatic heterocycles. The molecule has 8 heteroatoms. The fourth-order valence-corrected chi connectivity index (χ4v) is 4.72. The van der Waals surface area contributed by atoms with E-state index in [2.05, 4.69) is 20.2 Å². The van der Waals surface area contributed by atoms with E-state index in [0.29, 0.717) is 30.9 Å². The fourth-order valence-electron chi connectivity index (χ4n) is 4.72. The molecule has 0 bridgehead atoms. The Kier molecular flexibility index (Phi) is 5.46. The van der Waals surface area contributed by atoms with Crippen molar-refractivity contribution in [2.75, 3.05) is 26.3 Å². The SMILES string of the molecule is O=c1cc2c(nn1CC1CCN(Cc3nnc(C4CCOC4)o3)CC1)CCCC2. The second-order valence-electron chi connectivity index (χ2n) is 8.66. The van der Waals surface area contributed by atoms with Crippen molar-refractivity contribution in [2.45, 2.75) is 64.0 Å². The van der Waals surface area contributed by atoms with Gasteiger partial charge in [-0.3, -0.25) is 9.69 Å². The highest BCUT2D eigenvalue weighted by Gasteiger charge is 2.26. The van der Waals surface area contributed by atoms with E-state index < -0.39 is 0 Å². The Bertz CT molecular complexity index is 894. The predicted molar refractivity (Wildman–Crippen MR) is 106 cm³/mol. The highest BCUT2D eigenvalue weighted by molar-refractivity contribution is 5.20. The average molecular weight is 399 g/mol. The van der Waals surface area contributed by atoms with Gasteiger partial charge in [0.05, 0.1) is 24.8 Å². The number of fused-ring (bicyclic) bond motifs is 1. The number of aryl methyl sites for hydroxylation is 2. The van der Waals surface area contributed by atoms with Gasteiger partial charge >= 0.3 is 0 Å². The van der Waals surface area contributed by atoms with Gasteiger partial charge in [-0.2, -0.15) is 5.10 Å². The first-order valence-electron chi connectivity index (χ1n) is 11.0. The van der Waals surface area contributed by atoms with Crippen LogP contribution in [-0.4, -0.2) is 51.2 Å². The molecule has 1 unspecified atom stereocenters. The van der Waals surface area contributed by atoms with E-state index in [1.54, 1.807) is 4.68 Å². The Morgan fingerprint density at radius 3 is 2.79 bits per heavy atom. The van der Waals surface area contributed by atoms with E-state index in [9.17, 15) is 4.79 Å². The van der Waals surface area contributed by atoms with Gasteiger partial charge in [0.25, 0.3) is 5.56 Å². The van der Waals surface area contributed by atoms with Crippen LogP contribution in [0.15, 0.2) is 15.3 Å². The minimum Gasteiger partial charge on any atom is -0.423 e. The third-order valence-electron chi connectivity index (χ3n) is 6.53. The summed E-state index contributed by atoms with van der Waals surface area (Å²) in [7, 11) is 0. The summed E-state index contributed by atoms with van der Waals surface area (Å²) in [5.74, 6) is 2.15. The largest absolute Gasteiger partial charge is 0.423 e. The van der Waals surface area contributed by atoms with Gasteiger partial charge in [-0.05, 0) is 69.5 Å². The lowest BCUT2D eigenvalue weighted by Crippen LogP contribution is -2.37. The molecule has 29 heavy (non-hydrogen) atoms. The van der Waals surface area contributed by atoms with E-state index >= 15 is 0 Å². The normalized spacial score (nSPS) is 23.4. The summed E-state index contributed by atoms with van der Waals surface area (Å²) >= 11 is 0. The molecule has 2 saturated heterocycles. The quantitative estimate of drug-likeness (QED) is 0.759. The second kappa shape index (κ2) is 8.36. The van der Waals surface area contributed by atoms with Crippen molar-refractivity contribution in [1.29, 1.82) is 0 Å². The maximum absolute atomic E-state index is 12.4. The van der Waals surface area contributed by atoms with Crippen LogP contribution >= 0.6 is 0 Å². The van der Waals surface area contributed by atoms with Crippen LogP contribution in [0.4, 0.5) is 0 Å². The van der Waals surface area contributed by atoms with E-state index in [1.807, 2.05) is 6.07 Å². The van der Waals surface area contributed by atoms with Gasteiger partial charge in [-0.1, -0.05) is 0 Å². The highest BCUT2D eigenvalue weighted by atomic mass is 16.5. The van der Waals surface area contributed by atoms with Gasteiger partial charge in [0, 0.05) is 19.2 Å². The van der Waals surface area contributed by atoms with Crippen LogP contribution in [0.5, 0.6) is 0 Å². The minimum absolute atomic E-state index is 0.0577. The van der Waals surface area contributed by atoms with Gasteiger partial charge in [0.15, 0.2) is 0 Å². The molecule has 2 fully saturated rings. The molecule has 2 aromatic rings. The summed E-state index contributed by atoms with van der Waals surface area (Å²) in [6.45, 7) is 4.85. The number of hydrogen-bond acceptors (Lipinski definition) is 7. The number of likely N-dealkylation sites (tertiary alicyclic amines) is 1. The Morgan fingerprint density at radius 2 is 1.97 bits per heavy atom. The van der Waals surface area contributed by atoms with Gasteiger partial charge in [-0.25, -0.2) is 4.68 Å². The summed E-state index contributed by atoms with van der Waals surface area (Å²) in [6.07, 6.45) is 7.44. The summed E-state index contributed by atoms with van der Waals surface area (Å²) in [5.41, 5.74) is 2.35. The molecule has 3 aliphatic rings.